The third-order valence-electron chi connectivity index (χ3n) is 6.98. The highest BCUT2D eigenvalue weighted by Crippen LogP contribution is 2.45. The van der Waals surface area contributed by atoms with Gasteiger partial charge in [-0.3, -0.25) is 4.79 Å². The van der Waals surface area contributed by atoms with Crippen LogP contribution in [0.4, 0.5) is 18.9 Å². The lowest BCUT2D eigenvalue weighted by molar-refractivity contribution is -0.138. The van der Waals surface area contributed by atoms with Crippen molar-refractivity contribution in [2.45, 2.75) is 19.5 Å². The molecule has 2 atom stereocenters. The first-order valence-corrected chi connectivity index (χ1v) is 11.7. The van der Waals surface area contributed by atoms with E-state index < -0.39 is 17.3 Å². The first-order valence-electron chi connectivity index (χ1n) is 11.7. The van der Waals surface area contributed by atoms with E-state index in [2.05, 4.69) is 0 Å². The minimum atomic E-state index is -4.61. The number of fused-ring (bicyclic) bond motifs is 1. The molecule has 0 bridgehead atoms. The number of nitriles is 1. The fourth-order valence-electron chi connectivity index (χ4n) is 5.06. The van der Waals surface area contributed by atoms with E-state index in [1.54, 1.807) is 29.2 Å². The first kappa shape index (κ1) is 24.9. The van der Waals surface area contributed by atoms with Crippen LogP contribution in [0, 0.1) is 22.7 Å². The molecule has 0 N–H and O–H groups in total. The summed E-state index contributed by atoms with van der Waals surface area (Å²) in [5.74, 6) is 0.542. The van der Waals surface area contributed by atoms with Crippen LogP contribution in [0.5, 0.6) is 5.75 Å². The Hall–Kier alpha value is -3.25. The molecule has 0 aromatic heterocycles. The number of likely N-dealkylation sites (tertiary alicyclic amines) is 1. The van der Waals surface area contributed by atoms with Crippen LogP contribution in [0.2, 0.25) is 0 Å². The van der Waals surface area contributed by atoms with Gasteiger partial charge >= 0.3 is 6.18 Å². The maximum absolute atomic E-state index is 13.5. The number of anilines is 1. The number of para-hydroxylation sites is 1. The first-order chi connectivity index (χ1) is 16.8. The Morgan fingerprint density at radius 2 is 1.97 bits per heavy atom. The average Bonchev–Trinajstić information content (AvgIpc) is 3.24. The van der Waals surface area contributed by atoms with Crippen molar-refractivity contribution in [2.24, 2.45) is 11.3 Å². The summed E-state index contributed by atoms with van der Waals surface area (Å²) in [5.41, 5.74) is -1.16. The second-order valence-electron chi connectivity index (χ2n) is 9.11. The fraction of sp³-hybridized carbons (Fsp3) is 0.462. The number of benzene rings is 2. The molecule has 1 amide bonds. The Morgan fingerprint density at radius 3 is 2.66 bits per heavy atom. The predicted octanol–water partition coefficient (Wildman–Crippen LogP) is 4.35. The van der Waals surface area contributed by atoms with Crippen molar-refractivity contribution >= 4 is 11.6 Å². The van der Waals surface area contributed by atoms with Gasteiger partial charge in [0.05, 0.1) is 23.8 Å². The molecular weight excluding hydrogens is 459 g/mol. The number of rotatable bonds is 7. The number of amides is 1. The highest BCUT2D eigenvalue weighted by atomic mass is 19.4. The van der Waals surface area contributed by atoms with Gasteiger partial charge in [0.1, 0.15) is 5.75 Å². The molecule has 2 aromatic carbocycles. The predicted molar refractivity (Wildman–Crippen MR) is 124 cm³/mol. The third kappa shape index (κ3) is 5.38. The van der Waals surface area contributed by atoms with Crippen LogP contribution in [0.25, 0.3) is 0 Å². The number of nitrogens with zero attached hydrogens (tertiary/aromatic N) is 3. The Bertz CT molecular complexity index is 1090. The molecule has 4 rings (SSSR count). The lowest BCUT2D eigenvalue weighted by atomic mass is 9.73. The Balaban J connectivity index is 1.50. The number of carbonyl (C=O) groups is 1. The van der Waals surface area contributed by atoms with E-state index in [4.69, 9.17) is 14.7 Å². The molecule has 9 heteroatoms. The van der Waals surface area contributed by atoms with Gasteiger partial charge in [0, 0.05) is 49.8 Å². The number of piperidine rings is 1. The fourth-order valence-corrected chi connectivity index (χ4v) is 5.06. The number of carbonyl (C=O) groups excluding carboxylic acids is 1. The lowest BCUT2D eigenvalue weighted by Crippen LogP contribution is -2.51. The summed E-state index contributed by atoms with van der Waals surface area (Å²) >= 11 is 0. The highest BCUT2D eigenvalue weighted by molar-refractivity contribution is 5.78. The van der Waals surface area contributed by atoms with Gasteiger partial charge in [-0.2, -0.15) is 18.4 Å². The van der Waals surface area contributed by atoms with Crippen molar-refractivity contribution in [3.8, 4) is 11.8 Å². The standard InChI is InChI=1S/C26H28F3N3O3/c1-2-34-18-25-10-11-31(24(33)16-35-22-6-4-3-5-7-22)14-20(25)15-32(17-25)21-9-8-19(13-30)23(12-21)26(27,28)29/h3-9,12,20H,2,10-11,14-18H2,1H3/t20-,25+/m1/s1. The molecule has 2 heterocycles. The molecule has 0 aliphatic carbocycles. The van der Waals surface area contributed by atoms with Crippen molar-refractivity contribution in [2.75, 3.05) is 50.9 Å². The largest absolute Gasteiger partial charge is 0.484 e. The minimum absolute atomic E-state index is 0.0356. The van der Waals surface area contributed by atoms with Crippen LogP contribution < -0.4 is 9.64 Å². The van der Waals surface area contributed by atoms with Crippen LogP contribution >= 0.6 is 0 Å². The number of hydrogen-bond donors (Lipinski definition) is 0. The molecule has 0 spiro atoms. The molecule has 2 fully saturated rings. The molecule has 2 aliphatic rings. The number of alkyl halides is 3. The van der Waals surface area contributed by atoms with Crippen LogP contribution in [-0.4, -0.2) is 56.8 Å². The van der Waals surface area contributed by atoms with Crippen molar-refractivity contribution in [3.63, 3.8) is 0 Å². The summed E-state index contributed by atoms with van der Waals surface area (Å²) < 4.78 is 52.0. The molecule has 0 unspecified atom stereocenters. The number of hydrogen-bond acceptors (Lipinski definition) is 5. The summed E-state index contributed by atoms with van der Waals surface area (Å²) in [7, 11) is 0. The van der Waals surface area contributed by atoms with E-state index in [0.29, 0.717) is 57.3 Å². The average molecular weight is 488 g/mol. The zero-order valence-electron chi connectivity index (χ0n) is 19.6. The Labute approximate surface area is 202 Å². The second kappa shape index (κ2) is 10.2. The van der Waals surface area contributed by atoms with Gasteiger partial charge in [-0.25, -0.2) is 0 Å². The second-order valence-corrected chi connectivity index (χ2v) is 9.11. The summed E-state index contributed by atoms with van der Waals surface area (Å²) in [6.45, 7) is 4.92. The van der Waals surface area contributed by atoms with Crippen LogP contribution in [0.3, 0.4) is 0 Å². The van der Waals surface area contributed by atoms with E-state index in [9.17, 15) is 18.0 Å². The molecule has 186 valence electrons. The maximum atomic E-state index is 13.5. The van der Waals surface area contributed by atoms with E-state index >= 15 is 0 Å². The smallest absolute Gasteiger partial charge is 0.417 e. The number of ether oxygens (including phenoxy) is 2. The summed E-state index contributed by atoms with van der Waals surface area (Å²) in [4.78, 5) is 16.6. The van der Waals surface area contributed by atoms with E-state index in [1.165, 1.54) is 6.07 Å². The molecule has 6 nitrogen and oxygen atoms in total. The normalized spacial score (nSPS) is 22.0. The van der Waals surface area contributed by atoms with Gasteiger partial charge < -0.3 is 19.3 Å². The summed E-state index contributed by atoms with van der Waals surface area (Å²) in [5, 5.41) is 9.11. The zero-order valence-corrected chi connectivity index (χ0v) is 19.6. The lowest BCUT2D eigenvalue weighted by Gasteiger charge is -2.43. The molecule has 0 saturated carbocycles. The van der Waals surface area contributed by atoms with Crippen LogP contribution in [-0.2, 0) is 15.7 Å². The van der Waals surface area contributed by atoms with Gasteiger partial charge in [-0.15, -0.1) is 0 Å². The van der Waals surface area contributed by atoms with E-state index in [1.807, 2.05) is 30.0 Å². The monoisotopic (exact) mass is 487 g/mol. The van der Waals surface area contributed by atoms with Crippen LogP contribution in [0.1, 0.15) is 24.5 Å². The Kier molecular flexibility index (Phi) is 7.22. The van der Waals surface area contributed by atoms with Gasteiger partial charge in [-0.1, -0.05) is 18.2 Å². The van der Waals surface area contributed by atoms with E-state index in [-0.39, 0.29) is 23.8 Å². The molecule has 35 heavy (non-hydrogen) atoms. The third-order valence-corrected chi connectivity index (χ3v) is 6.98. The SMILES string of the molecule is CCOC[C@@]12CCN(C(=O)COc3ccccc3)C[C@@H]1CN(c1ccc(C#N)c(C(F)(F)F)c1)C2. The molecular formula is C26H28F3N3O3. The van der Waals surface area contributed by atoms with Crippen molar-refractivity contribution in [1.29, 1.82) is 5.26 Å². The van der Waals surface area contributed by atoms with Crippen molar-refractivity contribution in [1.82, 2.24) is 4.90 Å². The van der Waals surface area contributed by atoms with E-state index in [0.717, 1.165) is 6.07 Å². The topological polar surface area (TPSA) is 65.8 Å². The van der Waals surface area contributed by atoms with Gasteiger partial charge in [0.2, 0.25) is 0 Å². The van der Waals surface area contributed by atoms with Gasteiger partial charge in [-0.05, 0) is 43.7 Å². The molecule has 2 saturated heterocycles. The molecule has 2 aromatic rings. The number of halogens is 3. The Morgan fingerprint density at radius 1 is 1.20 bits per heavy atom. The minimum Gasteiger partial charge on any atom is -0.484 e. The van der Waals surface area contributed by atoms with Gasteiger partial charge in [0.25, 0.3) is 5.91 Å². The van der Waals surface area contributed by atoms with Crippen molar-refractivity contribution < 1.29 is 27.4 Å². The molecule has 0 radical (unpaired) electrons. The van der Waals surface area contributed by atoms with Crippen LogP contribution in [0.15, 0.2) is 48.5 Å². The quantitative estimate of drug-likeness (QED) is 0.581. The van der Waals surface area contributed by atoms with Gasteiger partial charge in [0.15, 0.2) is 6.61 Å². The highest BCUT2D eigenvalue weighted by Gasteiger charge is 2.50. The zero-order chi connectivity index (χ0) is 25.1. The van der Waals surface area contributed by atoms with Crippen molar-refractivity contribution in [3.05, 3.63) is 59.7 Å². The maximum Gasteiger partial charge on any atom is 0.417 e. The summed E-state index contributed by atoms with van der Waals surface area (Å²) in [6, 6.07) is 14.6. The summed E-state index contributed by atoms with van der Waals surface area (Å²) in [6.07, 6.45) is -3.92. The molecule has 2 aliphatic heterocycles.